The molecular weight excluding hydrogens is 276 g/mol. The van der Waals surface area contributed by atoms with Crippen molar-refractivity contribution in [1.82, 2.24) is 5.43 Å². The molecular formula is C15H19ClN2S. The predicted octanol–water partition coefficient (Wildman–Crippen LogP) is 3.75. The molecule has 0 aliphatic carbocycles. The Labute approximate surface area is 123 Å². The maximum atomic E-state index is 5.99. The second-order valence-corrected chi connectivity index (χ2v) is 7.02. The van der Waals surface area contributed by atoms with Crippen LogP contribution in [0, 0.1) is 0 Å². The summed E-state index contributed by atoms with van der Waals surface area (Å²) in [7, 11) is 0. The van der Waals surface area contributed by atoms with Gasteiger partial charge < -0.3 is 0 Å². The second-order valence-electron chi connectivity index (χ2n) is 5.22. The number of hydrazine groups is 1. The van der Waals surface area contributed by atoms with E-state index in [1.807, 2.05) is 12.1 Å². The normalized spacial score (nSPS) is 13.5. The molecule has 0 aliphatic rings. The molecule has 4 heteroatoms. The lowest BCUT2D eigenvalue weighted by atomic mass is 9.76. The van der Waals surface area contributed by atoms with Crippen LogP contribution in [0.25, 0.3) is 0 Å². The van der Waals surface area contributed by atoms with Crippen molar-refractivity contribution in [1.29, 1.82) is 0 Å². The minimum Gasteiger partial charge on any atom is -0.271 e. The first-order valence-corrected chi connectivity index (χ1v) is 7.49. The minimum atomic E-state index is -0.0491. The van der Waals surface area contributed by atoms with Gasteiger partial charge in [-0.25, -0.2) is 0 Å². The Morgan fingerprint density at radius 3 is 2.42 bits per heavy atom. The summed E-state index contributed by atoms with van der Waals surface area (Å²) in [4.78, 5) is 1.25. The zero-order chi connectivity index (χ0) is 13.9. The molecule has 1 aromatic heterocycles. The van der Waals surface area contributed by atoms with Gasteiger partial charge in [0, 0.05) is 16.3 Å². The number of nitrogens with one attached hydrogen (secondary N) is 1. The van der Waals surface area contributed by atoms with E-state index in [9.17, 15) is 0 Å². The molecule has 2 nitrogen and oxygen atoms in total. The summed E-state index contributed by atoms with van der Waals surface area (Å²) >= 11 is 7.60. The average molecular weight is 295 g/mol. The minimum absolute atomic E-state index is 0.0491. The van der Waals surface area contributed by atoms with Gasteiger partial charge in [0.15, 0.2) is 0 Å². The van der Waals surface area contributed by atoms with E-state index >= 15 is 0 Å². The maximum Gasteiger partial charge on any atom is 0.0931 e. The lowest BCUT2D eigenvalue weighted by Crippen LogP contribution is -2.49. The number of benzene rings is 1. The second kappa shape index (κ2) is 6.06. The molecule has 0 fully saturated rings. The molecule has 0 radical (unpaired) electrons. The smallest absolute Gasteiger partial charge is 0.0931 e. The summed E-state index contributed by atoms with van der Waals surface area (Å²) in [5.74, 6) is 5.77. The van der Waals surface area contributed by atoms with Crippen LogP contribution in [0.4, 0.5) is 0 Å². The van der Waals surface area contributed by atoms with Gasteiger partial charge in [0.2, 0.25) is 0 Å². The summed E-state index contributed by atoms with van der Waals surface area (Å²) in [5.41, 5.74) is 4.19. The van der Waals surface area contributed by atoms with Gasteiger partial charge in [-0.2, -0.15) is 0 Å². The van der Waals surface area contributed by atoms with Crippen LogP contribution in [0.5, 0.6) is 0 Å². The third-order valence-electron chi connectivity index (χ3n) is 3.62. The van der Waals surface area contributed by atoms with Gasteiger partial charge in [0.05, 0.1) is 4.34 Å². The molecule has 0 amide bonds. The first kappa shape index (κ1) is 14.5. The third-order valence-corrected chi connectivity index (χ3v) is 4.88. The van der Waals surface area contributed by atoms with E-state index in [1.165, 1.54) is 10.4 Å². The first-order chi connectivity index (χ1) is 9.04. The fourth-order valence-electron chi connectivity index (χ4n) is 2.25. The van der Waals surface area contributed by atoms with Crippen LogP contribution in [0.15, 0.2) is 42.5 Å². The van der Waals surface area contributed by atoms with Crippen molar-refractivity contribution in [2.24, 2.45) is 5.84 Å². The Morgan fingerprint density at radius 1 is 1.21 bits per heavy atom. The molecule has 0 bridgehead atoms. The third kappa shape index (κ3) is 3.37. The largest absolute Gasteiger partial charge is 0.271 e. The van der Waals surface area contributed by atoms with E-state index in [0.717, 1.165) is 10.8 Å². The average Bonchev–Trinajstić information content (AvgIpc) is 2.82. The molecule has 2 aromatic rings. The highest BCUT2D eigenvalue weighted by atomic mass is 35.5. The summed E-state index contributed by atoms with van der Waals surface area (Å²) in [6.45, 7) is 4.42. The summed E-state index contributed by atoms with van der Waals surface area (Å²) < 4.78 is 0.822. The zero-order valence-electron chi connectivity index (χ0n) is 11.2. The number of thiophene rings is 1. The number of hydrogen-bond acceptors (Lipinski definition) is 3. The lowest BCUT2D eigenvalue weighted by Gasteiger charge is -2.34. The van der Waals surface area contributed by atoms with E-state index in [2.05, 4.69) is 49.6 Å². The van der Waals surface area contributed by atoms with Crippen molar-refractivity contribution in [3.63, 3.8) is 0 Å². The molecule has 3 N–H and O–H groups in total. The van der Waals surface area contributed by atoms with Gasteiger partial charge in [0.1, 0.15) is 0 Å². The van der Waals surface area contributed by atoms with Gasteiger partial charge >= 0.3 is 0 Å². The van der Waals surface area contributed by atoms with E-state index in [-0.39, 0.29) is 11.5 Å². The fourth-order valence-corrected chi connectivity index (χ4v) is 3.39. The van der Waals surface area contributed by atoms with Gasteiger partial charge in [0.25, 0.3) is 0 Å². The molecule has 0 saturated carbocycles. The van der Waals surface area contributed by atoms with E-state index < -0.39 is 0 Å². The Balaban J connectivity index is 2.21. The van der Waals surface area contributed by atoms with Crippen molar-refractivity contribution in [3.05, 3.63) is 57.2 Å². The van der Waals surface area contributed by atoms with Gasteiger partial charge in [-0.3, -0.25) is 11.3 Å². The van der Waals surface area contributed by atoms with E-state index in [4.69, 9.17) is 17.4 Å². The molecule has 1 atom stereocenters. The summed E-state index contributed by atoms with van der Waals surface area (Å²) in [5, 5.41) is 0. The molecule has 1 aromatic carbocycles. The van der Waals surface area contributed by atoms with Crippen LogP contribution >= 0.6 is 22.9 Å². The maximum absolute atomic E-state index is 5.99. The number of halogens is 1. The predicted molar refractivity (Wildman–Crippen MR) is 83.6 cm³/mol. The Morgan fingerprint density at radius 2 is 1.89 bits per heavy atom. The number of hydrogen-bond donors (Lipinski definition) is 2. The number of nitrogens with two attached hydrogens (primary N) is 1. The molecule has 2 rings (SSSR count). The van der Waals surface area contributed by atoms with Crippen molar-refractivity contribution in [3.8, 4) is 0 Å². The molecule has 102 valence electrons. The first-order valence-electron chi connectivity index (χ1n) is 6.30. The lowest BCUT2D eigenvalue weighted by molar-refractivity contribution is 0.343. The van der Waals surface area contributed by atoms with Crippen LogP contribution in [-0.2, 0) is 11.8 Å². The van der Waals surface area contributed by atoms with Crippen LogP contribution in [0.2, 0.25) is 4.34 Å². The molecule has 19 heavy (non-hydrogen) atoms. The van der Waals surface area contributed by atoms with Gasteiger partial charge in [-0.05, 0) is 24.1 Å². The highest BCUT2D eigenvalue weighted by Gasteiger charge is 2.30. The quantitative estimate of drug-likeness (QED) is 0.651. The van der Waals surface area contributed by atoms with Gasteiger partial charge in [-0.1, -0.05) is 55.8 Å². The zero-order valence-corrected chi connectivity index (χ0v) is 12.8. The van der Waals surface area contributed by atoms with Crippen molar-refractivity contribution in [2.75, 3.05) is 0 Å². The van der Waals surface area contributed by atoms with Gasteiger partial charge in [-0.15, -0.1) is 11.3 Å². The molecule has 0 aliphatic heterocycles. The number of rotatable bonds is 5. The van der Waals surface area contributed by atoms with Crippen molar-refractivity contribution < 1.29 is 0 Å². The molecule has 1 unspecified atom stereocenters. The van der Waals surface area contributed by atoms with E-state index in [0.29, 0.717) is 0 Å². The molecule has 0 spiro atoms. The summed E-state index contributed by atoms with van der Waals surface area (Å²) in [6, 6.07) is 14.6. The van der Waals surface area contributed by atoms with E-state index in [1.54, 1.807) is 11.3 Å². The highest BCUT2D eigenvalue weighted by molar-refractivity contribution is 7.16. The standard InChI is InChI=1S/C15H19ClN2S/c1-15(2,11-6-4-3-5-7-11)13(18-17)10-12-8-9-14(16)19-12/h3-9,13,18H,10,17H2,1-2H3. The van der Waals surface area contributed by atoms with Crippen molar-refractivity contribution >= 4 is 22.9 Å². The van der Waals surface area contributed by atoms with Crippen LogP contribution < -0.4 is 11.3 Å². The Bertz CT molecular complexity index is 522. The summed E-state index contributed by atoms with van der Waals surface area (Å²) in [6.07, 6.45) is 0.871. The van der Waals surface area contributed by atoms with Crippen molar-refractivity contribution in [2.45, 2.75) is 31.7 Å². The fraction of sp³-hybridized carbons (Fsp3) is 0.333. The SMILES string of the molecule is CC(C)(c1ccccc1)C(Cc1ccc(Cl)s1)NN. The Hall–Kier alpha value is -0.870. The van der Waals surface area contributed by atoms with Crippen LogP contribution in [0.1, 0.15) is 24.3 Å². The highest BCUT2D eigenvalue weighted by Crippen LogP contribution is 2.31. The van der Waals surface area contributed by atoms with Crippen LogP contribution in [0.3, 0.4) is 0 Å². The molecule has 0 saturated heterocycles. The van der Waals surface area contributed by atoms with Crippen LogP contribution in [-0.4, -0.2) is 6.04 Å². The Kier molecular flexibility index (Phi) is 4.63. The monoisotopic (exact) mass is 294 g/mol. The topological polar surface area (TPSA) is 38.0 Å². The molecule has 1 heterocycles.